The Morgan fingerprint density at radius 2 is 2.06 bits per heavy atom. The minimum Gasteiger partial charge on any atom is -0.306 e. The molecule has 0 aromatic carbocycles. The van der Waals surface area contributed by atoms with Crippen molar-refractivity contribution in [2.24, 2.45) is 5.92 Å². The number of nitrogens with one attached hydrogen (secondary N) is 1. The van der Waals surface area contributed by atoms with Gasteiger partial charge in [0.15, 0.2) is 0 Å². The molecule has 3 nitrogen and oxygen atoms in total. The molecule has 0 rings (SSSR count). The fourth-order valence-electron chi connectivity index (χ4n) is 1.75. The van der Waals surface area contributed by atoms with Crippen molar-refractivity contribution in [3.05, 3.63) is 0 Å². The van der Waals surface area contributed by atoms with Crippen LogP contribution in [0.4, 0.5) is 0 Å². The molecule has 0 aromatic rings. The fraction of sp³-hybridized carbons (Fsp3) is 0.929. The van der Waals surface area contributed by atoms with Crippen LogP contribution in [0.3, 0.4) is 0 Å². The number of nitriles is 1. The van der Waals surface area contributed by atoms with Crippen molar-refractivity contribution in [2.75, 3.05) is 26.7 Å². The zero-order valence-corrected chi connectivity index (χ0v) is 12.2. The third-order valence-electron chi connectivity index (χ3n) is 3.33. The van der Waals surface area contributed by atoms with Crippen LogP contribution in [0.25, 0.3) is 0 Å². The Morgan fingerprint density at radius 3 is 2.53 bits per heavy atom. The largest absolute Gasteiger partial charge is 0.306 e. The quantitative estimate of drug-likeness (QED) is 0.672. The monoisotopic (exact) mass is 239 g/mol. The second-order valence-corrected chi connectivity index (χ2v) is 5.40. The average Bonchev–Trinajstić information content (AvgIpc) is 2.33. The molecule has 0 aromatic heterocycles. The maximum absolute atomic E-state index is 9.22. The van der Waals surface area contributed by atoms with Crippen molar-refractivity contribution in [2.45, 2.75) is 52.5 Å². The molecule has 1 N–H and O–H groups in total. The summed E-state index contributed by atoms with van der Waals surface area (Å²) in [5, 5.41) is 12.6. The first-order chi connectivity index (χ1) is 7.97. The maximum Gasteiger partial charge on any atom is 0.105 e. The van der Waals surface area contributed by atoms with Crippen molar-refractivity contribution < 1.29 is 0 Å². The second kappa shape index (κ2) is 8.49. The summed E-state index contributed by atoms with van der Waals surface area (Å²) in [6.07, 6.45) is 3.17. The van der Waals surface area contributed by atoms with Crippen LogP contribution in [0.1, 0.15) is 47.0 Å². The van der Waals surface area contributed by atoms with Gasteiger partial charge in [-0.1, -0.05) is 27.2 Å². The summed E-state index contributed by atoms with van der Waals surface area (Å²) in [5.41, 5.74) is -0.375. The first kappa shape index (κ1) is 16.4. The standard InChI is InChI=1S/C14H29N3/c1-6-9-16-14(4,12-15)8-10-17(5)11-13(3)7-2/h13,16H,6-11H2,1-5H3. The van der Waals surface area contributed by atoms with Crippen LogP contribution < -0.4 is 5.32 Å². The Hall–Kier alpha value is -0.590. The van der Waals surface area contributed by atoms with E-state index in [0.717, 1.165) is 38.4 Å². The first-order valence-electron chi connectivity index (χ1n) is 6.82. The molecule has 0 fully saturated rings. The molecule has 17 heavy (non-hydrogen) atoms. The Kier molecular flexibility index (Phi) is 8.20. The molecule has 0 amide bonds. The van der Waals surface area contributed by atoms with E-state index >= 15 is 0 Å². The third kappa shape index (κ3) is 7.36. The lowest BCUT2D eigenvalue weighted by atomic mass is 9.99. The van der Waals surface area contributed by atoms with E-state index in [0.29, 0.717) is 0 Å². The highest BCUT2D eigenvalue weighted by atomic mass is 15.1. The molecule has 0 saturated heterocycles. The molecule has 0 aliphatic heterocycles. The lowest BCUT2D eigenvalue weighted by Gasteiger charge is -2.27. The maximum atomic E-state index is 9.22. The highest BCUT2D eigenvalue weighted by molar-refractivity contribution is 5.03. The van der Waals surface area contributed by atoms with Crippen molar-refractivity contribution >= 4 is 0 Å². The number of nitrogens with zero attached hydrogens (tertiary/aromatic N) is 2. The molecule has 0 heterocycles. The summed E-state index contributed by atoms with van der Waals surface area (Å²) in [4.78, 5) is 2.33. The van der Waals surface area contributed by atoms with E-state index in [1.807, 2.05) is 6.92 Å². The van der Waals surface area contributed by atoms with Crippen LogP contribution in [-0.4, -0.2) is 37.1 Å². The molecule has 2 atom stereocenters. The molecule has 2 unspecified atom stereocenters. The van der Waals surface area contributed by atoms with Crippen molar-refractivity contribution in [3.8, 4) is 6.07 Å². The van der Waals surface area contributed by atoms with Gasteiger partial charge in [-0.15, -0.1) is 0 Å². The van der Waals surface area contributed by atoms with Gasteiger partial charge in [0.25, 0.3) is 0 Å². The van der Waals surface area contributed by atoms with E-state index in [2.05, 4.69) is 44.1 Å². The normalized spacial score (nSPS) is 16.5. The van der Waals surface area contributed by atoms with Gasteiger partial charge in [-0.05, 0) is 39.3 Å². The summed E-state index contributed by atoms with van der Waals surface area (Å²) in [6, 6.07) is 2.40. The lowest BCUT2D eigenvalue weighted by Crippen LogP contribution is -2.44. The molecular weight excluding hydrogens is 210 g/mol. The van der Waals surface area contributed by atoms with Gasteiger partial charge in [0.2, 0.25) is 0 Å². The lowest BCUT2D eigenvalue weighted by molar-refractivity contribution is 0.254. The Labute approximate surface area is 107 Å². The molecule has 0 saturated carbocycles. The van der Waals surface area contributed by atoms with E-state index in [1.54, 1.807) is 0 Å². The van der Waals surface area contributed by atoms with Gasteiger partial charge in [0.05, 0.1) is 6.07 Å². The zero-order valence-electron chi connectivity index (χ0n) is 12.2. The van der Waals surface area contributed by atoms with Crippen LogP contribution in [-0.2, 0) is 0 Å². The van der Waals surface area contributed by atoms with Crippen LogP contribution in [0.15, 0.2) is 0 Å². The van der Waals surface area contributed by atoms with Gasteiger partial charge in [0.1, 0.15) is 5.54 Å². The highest BCUT2D eigenvalue weighted by Crippen LogP contribution is 2.10. The minimum atomic E-state index is -0.375. The Morgan fingerprint density at radius 1 is 1.41 bits per heavy atom. The molecule has 100 valence electrons. The number of rotatable bonds is 9. The summed E-state index contributed by atoms with van der Waals surface area (Å²) in [6.45, 7) is 11.6. The average molecular weight is 239 g/mol. The van der Waals surface area contributed by atoms with Gasteiger partial charge < -0.3 is 4.90 Å². The molecule has 0 aliphatic rings. The molecule has 0 aliphatic carbocycles. The molecular formula is C14H29N3. The number of hydrogen-bond donors (Lipinski definition) is 1. The molecule has 0 bridgehead atoms. The Balaban J connectivity index is 4.01. The van der Waals surface area contributed by atoms with Crippen LogP contribution in [0, 0.1) is 17.2 Å². The summed E-state index contributed by atoms with van der Waals surface area (Å²) in [7, 11) is 2.14. The van der Waals surface area contributed by atoms with Gasteiger partial charge >= 0.3 is 0 Å². The predicted octanol–water partition coefficient (Wildman–Crippen LogP) is 2.64. The minimum absolute atomic E-state index is 0.375. The van der Waals surface area contributed by atoms with E-state index < -0.39 is 0 Å². The first-order valence-corrected chi connectivity index (χ1v) is 6.82. The SMILES string of the molecule is CCCNC(C)(C#N)CCN(C)CC(C)CC. The molecule has 0 spiro atoms. The second-order valence-electron chi connectivity index (χ2n) is 5.40. The predicted molar refractivity (Wildman–Crippen MR) is 73.9 cm³/mol. The van der Waals surface area contributed by atoms with E-state index in [9.17, 15) is 5.26 Å². The van der Waals surface area contributed by atoms with Gasteiger partial charge in [-0.25, -0.2) is 0 Å². The zero-order chi connectivity index (χ0) is 13.3. The van der Waals surface area contributed by atoms with Gasteiger partial charge in [-0.2, -0.15) is 5.26 Å². The van der Waals surface area contributed by atoms with Gasteiger partial charge in [0, 0.05) is 13.1 Å². The smallest absolute Gasteiger partial charge is 0.105 e. The summed E-state index contributed by atoms with van der Waals surface area (Å²) < 4.78 is 0. The summed E-state index contributed by atoms with van der Waals surface area (Å²) >= 11 is 0. The van der Waals surface area contributed by atoms with Gasteiger partial charge in [-0.3, -0.25) is 5.32 Å². The third-order valence-corrected chi connectivity index (χ3v) is 3.33. The Bertz CT molecular complexity index is 234. The molecule has 0 radical (unpaired) electrons. The van der Waals surface area contributed by atoms with Crippen molar-refractivity contribution in [3.63, 3.8) is 0 Å². The van der Waals surface area contributed by atoms with Crippen LogP contribution >= 0.6 is 0 Å². The van der Waals surface area contributed by atoms with E-state index in [-0.39, 0.29) is 5.54 Å². The van der Waals surface area contributed by atoms with Crippen molar-refractivity contribution in [1.29, 1.82) is 5.26 Å². The van der Waals surface area contributed by atoms with E-state index in [4.69, 9.17) is 0 Å². The highest BCUT2D eigenvalue weighted by Gasteiger charge is 2.22. The fourth-order valence-corrected chi connectivity index (χ4v) is 1.75. The van der Waals surface area contributed by atoms with Crippen molar-refractivity contribution in [1.82, 2.24) is 10.2 Å². The topological polar surface area (TPSA) is 39.1 Å². The van der Waals surface area contributed by atoms with E-state index in [1.165, 1.54) is 6.42 Å². The molecule has 3 heteroatoms. The van der Waals surface area contributed by atoms with Crippen LogP contribution in [0.2, 0.25) is 0 Å². The summed E-state index contributed by atoms with van der Waals surface area (Å²) in [5.74, 6) is 0.733. The van der Waals surface area contributed by atoms with Crippen LogP contribution in [0.5, 0.6) is 0 Å². The number of hydrogen-bond acceptors (Lipinski definition) is 3.